The topological polar surface area (TPSA) is 59.0 Å². The molecule has 0 heterocycles. The Bertz CT molecular complexity index is 431. The number of phenolic OH excluding ortho intramolecular Hbond substituents is 1. The van der Waals surface area contributed by atoms with Crippen molar-refractivity contribution >= 4 is 5.91 Å². The second-order valence-electron chi connectivity index (χ2n) is 4.44. The summed E-state index contributed by atoms with van der Waals surface area (Å²) in [7, 11) is 3.04. The molecule has 1 amide bonds. The molecular weight excluding hydrogens is 246 g/mol. The second-order valence-corrected chi connectivity index (χ2v) is 4.44. The van der Waals surface area contributed by atoms with Gasteiger partial charge in [0.15, 0.2) is 11.5 Å². The van der Waals surface area contributed by atoms with Crippen LogP contribution in [0, 0.1) is 0 Å². The van der Waals surface area contributed by atoms with E-state index in [4.69, 9.17) is 9.47 Å². The first-order chi connectivity index (χ1) is 9.02. The number of benzene rings is 1. The number of ether oxygens (including phenoxy) is 2. The van der Waals surface area contributed by atoms with Crippen molar-refractivity contribution in [3.05, 3.63) is 23.8 Å². The van der Waals surface area contributed by atoms with Crippen molar-refractivity contribution in [3.63, 3.8) is 0 Å². The van der Waals surface area contributed by atoms with Crippen molar-refractivity contribution in [1.82, 2.24) is 4.90 Å². The molecule has 5 heteroatoms. The van der Waals surface area contributed by atoms with Gasteiger partial charge in [-0.15, -0.1) is 0 Å². The predicted octanol–water partition coefficient (Wildman–Crippen LogP) is 1.90. The maximum Gasteiger partial charge on any atom is 0.258 e. The Labute approximate surface area is 113 Å². The molecule has 5 nitrogen and oxygen atoms in total. The van der Waals surface area contributed by atoms with Gasteiger partial charge < -0.3 is 19.5 Å². The molecule has 0 unspecified atom stereocenters. The quantitative estimate of drug-likeness (QED) is 0.855. The number of nitrogens with zero attached hydrogens (tertiary/aromatic N) is 1. The summed E-state index contributed by atoms with van der Waals surface area (Å²) in [4.78, 5) is 14.1. The molecule has 0 aliphatic rings. The highest BCUT2D eigenvalue weighted by Crippen LogP contribution is 2.30. The molecule has 0 atom stereocenters. The number of aromatic hydroxyl groups is 1. The summed E-state index contributed by atoms with van der Waals surface area (Å²) in [6.45, 7) is 4.77. The first-order valence-electron chi connectivity index (χ1n) is 6.18. The Morgan fingerprint density at radius 2 is 2.05 bits per heavy atom. The lowest BCUT2D eigenvalue weighted by Crippen LogP contribution is -2.39. The maximum atomic E-state index is 12.4. The first-order valence-corrected chi connectivity index (χ1v) is 6.18. The number of carbonyl (C=O) groups is 1. The van der Waals surface area contributed by atoms with E-state index in [2.05, 4.69) is 0 Å². The highest BCUT2D eigenvalue weighted by molar-refractivity contribution is 5.97. The predicted molar refractivity (Wildman–Crippen MR) is 72.7 cm³/mol. The molecule has 0 bridgehead atoms. The summed E-state index contributed by atoms with van der Waals surface area (Å²) in [5.74, 6) is -0.0668. The third-order valence-electron chi connectivity index (χ3n) is 2.87. The van der Waals surface area contributed by atoms with Crippen LogP contribution in [0.2, 0.25) is 0 Å². The molecule has 0 spiro atoms. The summed E-state index contributed by atoms with van der Waals surface area (Å²) in [5, 5.41) is 10.0. The summed E-state index contributed by atoms with van der Waals surface area (Å²) >= 11 is 0. The molecule has 1 N–H and O–H groups in total. The molecule has 0 radical (unpaired) electrons. The number of hydrogen-bond donors (Lipinski definition) is 1. The minimum absolute atomic E-state index is 0.0215. The van der Waals surface area contributed by atoms with Gasteiger partial charge in [-0.3, -0.25) is 4.79 Å². The smallest absolute Gasteiger partial charge is 0.258 e. The van der Waals surface area contributed by atoms with Crippen molar-refractivity contribution in [1.29, 1.82) is 0 Å². The molecule has 106 valence electrons. The van der Waals surface area contributed by atoms with E-state index in [1.54, 1.807) is 30.2 Å². The van der Waals surface area contributed by atoms with Crippen molar-refractivity contribution in [2.75, 3.05) is 27.4 Å². The number of methoxy groups -OCH3 is 2. The first kappa shape index (κ1) is 15.3. The van der Waals surface area contributed by atoms with Gasteiger partial charge in [-0.2, -0.15) is 0 Å². The maximum absolute atomic E-state index is 12.4. The molecule has 0 saturated heterocycles. The van der Waals surface area contributed by atoms with Crippen LogP contribution >= 0.6 is 0 Å². The van der Waals surface area contributed by atoms with Gasteiger partial charge >= 0.3 is 0 Å². The molecule has 0 fully saturated rings. The number of para-hydroxylation sites is 1. The monoisotopic (exact) mass is 267 g/mol. The fourth-order valence-corrected chi connectivity index (χ4v) is 1.80. The Morgan fingerprint density at radius 1 is 1.37 bits per heavy atom. The van der Waals surface area contributed by atoms with Crippen LogP contribution in [0.3, 0.4) is 0 Å². The Morgan fingerprint density at radius 3 is 2.58 bits per heavy atom. The Kier molecular flexibility index (Phi) is 5.63. The fourth-order valence-electron chi connectivity index (χ4n) is 1.80. The van der Waals surface area contributed by atoms with Gasteiger partial charge in [-0.05, 0) is 26.0 Å². The third kappa shape index (κ3) is 3.61. The van der Waals surface area contributed by atoms with Crippen LogP contribution < -0.4 is 4.74 Å². The van der Waals surface area contributed by atoms with Crippen LogP contribution in [0.5, 0.6) is 11.5 Å². The second kappa shape index (κ2) is 6.99. The van der Waals surface area contributed by atoms with E-state index in [0.29, 0.717) is 18.9 Å². The van der Waals surface area contributed by atoms with Crippen molar-refractivity contribution in [2.24, 2.45) is 0 Å². The normalized spacial score (nSPS) is 10.6. The Hall–Kier alpha value is -1.75. The lowest BCUT2D eigenvalue weighted by atomic mass is 10.1. The zero-order valence-electron chi connectivity index (χ0n) is 11.8. The molecule has 1 aromatic rings. The zero-order valence-corrected chi connectivity index (χ0v) is 11.8. The van der Waals surface area contributed by atoms with E-state index >= 15 is 0 Å². The largest absolute Gasteiger partial charge is 0.504 e. The average Bonchev–Trinajstić information content (AvgIpc) is 2.38. The van der Waals surface area contributed by atoms with E-state index in [1.165, 1.54) is 7.11 Å². The summed E-state index contributed by atoms with van der Waals surface area (Å²) in [5.41, 5.74) is 0.240. The van der Waals surface area contributed by atoms with Gasteiger partial charge in [0.2, 0.25) is 0 Å². The third-order valence-corrected chi connectivity index (χ3v) is 2.87. The fraction of sp³-hybridized carbons (Fsp3) is 0.500. The van der Waals surface area contributed by atoms with Crippen molar-refractivity contribution in [2.45, 2.75) is 19.9 Å². The van der Waals surface area contributed by atoms with Gasteiger partial charge in [0.1, 0.15) is 0 Å². The number of amides is 1. The lowest BCUT2D eigenvalue weighted by Gasteiger charge is -2.27. The number of phenols is 1. The molecule has 1 rings (SSSR count). The van der Waals surface area contributed by atoms with Crippen LogP contribution in [0.1, 0.15) is 24.2 Å². The lowest BCUT2D eigenvalue weighted by molar-refractivity contribution is 0.0631. The molecule has 1 aromatic carbocycles. The average molecular weight is 267 g/mol. The standard InChI is InChI=1S/C14H21NO4/c1-10(2)15(8-9-18-3)14(17)11-6-5-7-12(19-4)13(11)16/h5-7,10,16H,8-9H2,1-4H3. The van der Waals surface area contributed by atoms with E-state index in [9.17, 15) is 9.90 Å². The van der Waals surface area contributed by atoms with E-state index in [0.717, 1.165) is 0 Å². The Balaban J connectivity index is 3.02. The molecule has 0 saturated carbocycles. The SMILES string of the molecule is COCCN(C(=O)c1cccc(OC)c1O)C(C)C. The summed E-state index contributed by atoms with van der Waals surface area (Å²) < 4.78 is 10.0. The minimum Gasteiger partial charge on any atom is -0.504 e. The van der Waals surface area contributed by atoms with Crippen LogP contribution in [-0.4, -0.2) is 49.3 Å². The van der Waals surface area contributed by atoms with Gasteiger partial charge in [0.05, 0.1) is 19.3 Å². The molecule has 0 aliphatic heterocycles. The van der Waals surface area contributed by atoms with Crippen molar-refractivity contribution < 1.29 is 19.4 Å². The van der Waals surface area contributed by atoms with E-state index in [1.807, 2.05) is 13.8 Å². The van der Waals surface area contributed by atoms with Gasteiger partial charge in [-0.25, -0.2) is 0 Å². The van der Waals surface area contributed by atoms with Gasteiger partial charge in [-0.1, -0.05) is 6.07 Å². The van der Waals surface area contributed by atoms with Gasteiger partial charge in [0, 0.05) is 19.7 Å². The minimum atomic E-state index is -0.233. The summed E-state index contributed by atoms with van der Waals surface area (Å²) in [6.07, 6.45) is 0. The number of hydrogen-bond acceptors (Lipinski definition) is 4. The summed E-state index contributed by atoms with van der Waals surface area (Å²) in [6, 6.07) is 4.90. The number of carbonyl (C=O) groups excluding carboxylic acids is 1. The van der Waals surface area contributed by atoms with Crippen LogP contribution in [0.15, 0.2) is 18.2 Å². The van der Waals surface area contributed by atoms with E-state index < -0.39 is 0 Å². The van der Waals surface area contributed by atoms with E-state index in [-0.39, 0.29) is 23.3 Å². The highest BCUT2D eigenvalue weighted by atomic mass is 16.5. The van der Waals surface area contributed by atoms with Crippen LogP contribution in [0.25, 0.3) is 0 Å². The van der Waals surface area contributed by atoms with Gasteiger partial charge in [0.25, 0.3) is 5.91 Å². The van der Waals surface area contributed by atoms with Crippen LogP contribution in [-0.2, 0) is 4.74 Å². The van der Waals surface area contributed by atoms with Crippen LogP contribution in [0.4, 0.5) is 0 Å². The molecular formula is C14H21NO4. The molecule has 19 heavy (non-hydrogen) atoms. The zero-order chi connectivity index (χ0) is 14.4. The van der Waals surface area contributed by atoms with Crippen molar-refractivity contribution in [3.8, 4) is 11.5 Å². The number of rotatable bonds is 6. The molecule has 0 aliphatic carbocycles. The molecule has 0 aromatic heterocycles. The highest BCUT2D eigenvalue weighted by Gasteiger charge is 2.22.